The predicted octanol–water partition coefficient (Wildman–Crippen LogP) is 5.47. The smallest absolute Gasteiger partial charge is 0.419 e. The summed E-state index contributed by atoms with van der Waals surface area (Å²) in [5.74, 6) is -2.23. The Labute approximate surface area is 200 Å². The zero-order valence-electron chi connectivity index (χ0n) is 17.1. The molecule has 0 atom stereocenters. The first kappa shape index (κ1) is 25.2. The van der Waals surface area contributed by atoms with E-state index in [1.807, 2.05) is 0 Å². The molecule has 2 aromatic carbocycles. The molecular weight excluding hydrogens is 497 g/mol. The summed E-state index contributed by atoms with van der Waals surface area (Å²) in [5, 5.41) is 20.0. The minimum Gasteiger partial charge on any atom is -0.481 e. The van der Waals surface area contributed by atoms with Crippen molar-refractivity contribution in [3.63, 3.8) is 0 Å². The number of ether oxygens (including phenoxy) is 1. The summed E-state index contributed by atoms with van der Waals surface area (Å²) in [5.41, 5.74) is -1.40. The molecule has 0 bridgehead atoms. The standard InChI is InChI=1S/C21H15F3N2O6S2/c22-21(23,24)14-4-1-2-5-16(14)32-15-8-7-13(26(30)31)10-12(15)11-17-19(29)25(20(33)34-17)9-3-6-18(27)28/h1-2,4-5,7-8,10-11H,3,6,9H2,(H,27,28)/b17-11-. The lowest BCUT2D eigenvalue weighted by atomic mass is 10.1. The number of carboxylic acid groups (broad SMARTS) is 1. The van der Waals surface area contributed by atoms with Crippen LogP contribution < -0.4 is 4.74 Å². The fourth-order valence-electron chi connectivity index (χ4n) is 2.99. The first-order valence-corrected chi connectivity index (χ1v) is 10.8. The molecule has 0 spiro atoms. The zero-order valence-corrected chi connectivity index (χ0v) is 18.7. The van der Waals surface area contributed by atoms with Gasteiger partial charge in [-0.3, -0.25) is 24.6 Å². The second-order valence-electron chi connectivity index (χ2n) is 6.91. The van der Waals surface area contributed by atoms with Crippen LogP contribution in [-0.2, 0) is 15.8 Å². The average molecular weight is 512 g/mol. The van der Waals surface area contributed by atoms with Gasteiger partial charge in [-0.2, -0.15) is 13.2 Å². The van der Waals surface area contributed by atoms with Gasteiger partial charge in [0.1, 0.15) is 15.8 Å². The van der Waals surface area contributed by atoms with Crippen LogP contribution in [0, 0.1) is 10.1 Å². The monoisotopic (exact) mass is 512 g/mol. The molecule has 1 saturated heterocycles. The number of carbonyl (C=O) groups excluding carboxylic acids is 1. The molecule has 178 valence electrons. The van der Waals surface area contributed by atoms with Crippen molar-refractivity contribution in [2.75, 3.05) is 6.54 Å². The van der Waals surface area contributed by atoms with E-state index in [-0.39, 0.29) is 45.6 Å². The fraction of sp³-hybridized carbons (Fsp3) is 0.190. The number of alkyl halides is 3. The summed E-state index contributed by atoms with van der Waals surface area (Å²) in [6.07, 6.45) is -3.46. The number of nitrogens with zero attached hydrogens (tertiary/aromatic N) is 2. The molecule has 0 aromatic heterocycles. The number of para-hydroxylation sites is 1. The van der Waals surface area contributed by atoms with Gasteiger partial charge in [-0.05, 0) is 30.7 Å². The van der Waals surface area contributed by atoms with E-state index in [9.17, 15) is 32.9 Å². The number of non-ortho nitro benzene ring substituents is 1. The highest BCUT2D eigenvalue weighted by atomic mass is 32.2. The summed E-state index contributed by atoms with van der Waals surface area (Å²) < 4.78 is 45.7. The Morgan fingerprint density at radius 3 is 2.59 bits per heavy atom. The molecule has 13 heteroatoms. The van der Waals surface area contributed by atoms with Gasteiger partial charge in [0.25, 0.3) is 11.6 Å². The van der Waals surface area contributed by atoms with Gasteiger partial charge in [-0.25, -0.2) is 0 Å². The van der Waals surface area contributed by atoms with Crippen LogP contribution in [0.1, 0.15) is 24.0 Å². The number of hydrogen-bond donors (Lipinski definition) is 1. The molecule has 1 amide bonds. The van der Waals surface area contributed by atoms with Crippen molar-refractivity contribution in [3.05, 3.63) is 68.6 Å². The lowest BCUT2D eigenvalue weighted by molar-refractivity contribution is -0.384. The normalized spacial score (nSPS) is 15.1. The molecule has 1 N–H and O–H groups in total. The van der Waals surface area contributed by atoms with E-state index in [0.29, 0.717) is 0 Å². The number of nitro benzene ring substituents is 1. The molecule has 0 aliphatic carbocycles. The van der Waals surface area contributed by atoms with Gasteiger partial charge in [0, 0.05) is 30.7 Å². The lowest BCUT2D eigenvalue weighted by Gasteiger charge is -2.15. The van der Waals surface area contributed by atoms with Crippen LogP contribution in [0.3, 0.4) is 0 Å². The van der Waals surface area contributed by atoms with Crippen LogP contribution in [0.2, 0.25) is 0 Å². The quantitative estimate of drug-likeness (QED) is 0.215. The number of carboxylic acids is 1. The van der Waals surface area contributed by atoms with E-state index in [1.165, 1.54) is 23.1 Å². The van der Waals surface area contributed by atoms with Gasteiger partial charge in [-0.15, -0.1) is 0 Å². The highest BCUT2D eigenvalue weighted by Gasteiger charge is 2.35. The Balaban J connectivity index is 1.97. The van der Waals surface area contributed by atoms with Crippen LogP contribution in [0.4, 0.5) is 18.9 Å². The Hall–Kier alpha value is -3.45. The third-order valence-electron chi connectivity index (χ3n) is 4.55. The summed E-state index contributed by atoms with van der Waals surface area (Å²) in [7, 11) is 0. The van der Waals surface area contributed by atoms with Crippen LogP contribution in [0.15, 0.2) is 47.4 Å². The molecule has 2 aromatic rings. The number of amides is 1. The fourth-order valence-corrected chi connectivity index (χ4v) is 4.29. The van der Waals surface area contributed by atoms with E-state index in [0.717, 1.165) is 42.1 Å². The minimum atomic E-state index is -4.70. The van der Waals surface area contributed by atoms with Crippen molar-refractivity contribution in [2.24, 2.45) is 0 Å². The van der Waals surface area contributed by atoms with Crippen molar-refractivity contribution in [2.45, 2.75) is 19.0 Å². The van der Waals surface area contributed by atoms with E-state index in [4.69, 9.17) is 22.1 Å². The van der Waals surface area contributed by atoms with E-state index < -0.39 is 34.3 Å². The summed E-state index contributed by atoms with van der Waals surface area (Å²) >= 11 is 6.06. The predicted molar refractivity (Wildman–Crippen MR) is 121 cm³/mol. The van der Waals surface area contributed by atoms with Gasteiger partial charge < -0.3 is 9.84 Å². The highest BCUT2D eigenvalue weighted by molar-refractivity contribution is 8.26. The van der Waals surface area contributed by atoms with Crippen molar-refractivity contribution in [1.29, 1.82) is 0 Å². The van der Waals surface area contributed by atoms with Crippen molar-refractivity contribution >= 4 is 51.9 Å². The number of thioether (sulfide) groups is 1. The Morgan fingerprint density at radius 2 is 1.94 bits per heavy atom. The summed E-state index contributed by atoms with van der Waals surface area (Å²) in [4.78, 5) is 35.3. The number of thiocarbonyl (C=S) groups is 1. The van der Waals surface area contributed by atoms with Gasteiger partial charge >= 0.3 is 12.1 Å². The van der Waals surface area contributed by atoms with E-state index in [2.05, 4.69) is 0 Å². The first-order chi connectivity index (χ1) is 16.0. The number of benzene rings is 2. The Kier molecular flexibility index (Phi) is 7.57. The minimum absolute atomic E-state index is 0.00258. The number of aliphatic carboxylic acids is 1. The number of rotatable bonds is 8. The van der Waals surface area contributed by atoms with Gasteiger partial charge in [0.15, 0.2) is 0 Å². The maximum absolute atomic E-state index is 13.4. The molecule has 1 aliphatic rings. The zero-order chi connectivity index (χ0) is 25.0. The van der Waals surface area contributed by atoms with Gasteiger partial charge in [0.2, 0.25) is 0 Å². The molecule has 1 fully saturated rings. The third kappa shape index (κ3) is 5.91. The average Bonchev–Trinajstić information content (AvgIpc) is 3.01. The summed E-state index contributed by atoms with van der Waals surface area (Å²) in [6, 6.07) is 7.77. The molecule has 0 saturated carbocycles. The molecule has 0 radical (unpaired) electrons. The van der Waals surface area contributed by atoms with Crippen molar-refractivity contribution < 1.29 is 37.5 Å². The molecule has 1 aliphatic heterocycles. The number of carbonyl (C=O) groups is 2. The Bertz CT molecular complexity index is 1200. The maximum atomic E-state index is 13.4. The van der Waals surface area contributed by atoms with E-state index >= 15 is 0 Å². The molecule has 1 heterocycles. The molecular formula is C21H15F3N2O6S2. The topological polar surface area (TPSA) is 110 Å². The SMILES string of the molecule is O=C(O)CCCN1C(=O)/C(=C/c2cc([N+](=O)[O-])ccc2Oc2ccccc2C(F)(F)F)SC1=S. The molecule has 34 heavy (non-hydrogen) atoms. The van der Waals surface area contributed by atoms with E-state index in [1.54, 1.807) is 0 Å². The number of halogens is 3. The second kappa shape index (κ2) is 10.2. The summed E-state index contributed by atoms with van der Waals surface area (Å²) in [6.45, 7) is 0.0611. The molecule has 3 rings (SSSR count). The van der Waals surface area contributed by atoms with Crippen molar-refractivity contribution in [3.8, 4) is 11.5 Å². The molecule has 8 nitrogen and oxygen atoms in total. The van der Waals surface area contributed by atoms with Crippen LogP contribution in [0.5, 0.6) is 11.5 Å². The van der Waals surface area contributed by atoms with Crippen molar-refractivity contribution in [1.82, 2.24) is 4.90 Å². The molecule has 0 unspecified atom stereocenters. The van der Waals surface area contributed by atoms with Crippen LogP contribution in [0.25, 0.3) is 6.08 Å². The maximum Gasteiger partial charge on any atom is 0.419 e. The van der Waals surface area contributed by atoms with Crippen LogP contribution in [-0.4, -0.2) is 37.7 Å². The highest BCUT2D eigenvalue weighted by Crippen LogP contribution is 2.40. The largest absolute Gasteiger partial charge is 0.481 e. The van der Waals surface area contributed by atoms with Crippen LogP contribution >= 0.6 is 24.0 Å². The van der Waals surface area contributed by atoms with Gasteiger partial charge in [0.05, 0.1) is 15.4 Å². The third-order valence-corrected chi connectivity index (χ3v) is 5.93. The first-order valence-electron chi connectivity index (χ1n) is 9.57. The lowest BCUT2D eigenvalue weighted by Crippen LogP contribution is -2.29. The number of nitro groups is 1. The van der Waals surface area contributed by atoms with Gasteiger partial charge in [-0.1, -0.05) is 36.1 Å². The number of hydrogen-bond acceptors (Lipinski definition) is 7. The Morgan fingerprint density at radius 1 is 1.24 bits per heavy atom. The second-order valence-corrected chi connectivity index (χ2v) is 8.58.